The molecule has 0 fully saturated rings. The van der Waals surface area contributed by atoms with Crippen LogP contribution in [0.1, 0.15) is 26.3 Å². The highest BCUT2D eigenvalue weighted by Gasteiger charge is 2.12. The van der Waals surface area contributed by atoms with Crippen molar-refractivity contribution < 1.29 is 0 Å². The Bertz CT molecular complexity index is 244. The fourth-order valence-electron chi connectivity index (χ4n) is 1.07. The van der Waals surface area contributed by atoms with Gasteiger partial charge in [0.1, 0.15) is 0 Å². The minimum atomic E-state index is 0.215. The van der Waals surface area contributed by atoms with Crippen LogP contribution < -0.4 is 11.3 Å². The summed E-state index contributed by atoms with van der Waals surface area (Å²) in [7, 11) is 0. The van der Waals surface area contributed by atoms with Crippen molar-refractivity contribution in [2.45, 2.75) is 26.2 Å². The van der Waals surface area contributed by atoms with Crippen LogP contribution in [0.3, 0.4) is 0 Å². The SMILES string of the molecule is CC(C)(C)c1ccc(NN)cc1. The van der Waals surface area contributed by atoms with E-state index in [0.717, 1.165) is 5.69 Å². The van der Waals surface area contributed by atoms with Crippen LogP contribution in [0.4, 0.5) is 5.69 Å². The number of anilines is 1. The Morgan fingerprint density at radius 3 is 1.92 bits per heavy atom. The van der Waals surface area contributed by atoms with Crippen molar-refractivity contribution in [3.63, 3.8) is 0 Å². The molecular formula is C10H16N2. The Hall–Kier alpha value is -1.02. The number of nitrogens with two attached hydrogens (primary N) is 1. The Morgan fingerprint density at radius 1 is 1.08 bits per heavy atom. The number of rotatable bonds is 1. The van der Waals surface area contributed by atoms with Crippen molar-refractivity contribution in [1.29, 1.82) is 0 Å². The summed E-state index contributed by atoms with van der Waals surface area (Å²) in [6.07, 6.45) is 0. The number of hydrogen-bond donors (Lipinski definition) is 2. The fraction of sp³-hybridized carbons (Fsp3) is 0.400. The Balaban J connectivity index is 2.93. The van der Waals surface area contributed by atoms with Gasteiger partial charge < -0.3 is 5.43 Å². The number of nitrogens with one attached hydrogen (secondary N) is 1. The molecule has 0 aromatic heterocycles. The van der Waals surface area contributed by atoms with E-state index in [2.05, 4.69) is 38.3 Å². The van der Waals surface area contributed by atoms with E-state index in [4.69, 9.17) is 5.84 Å². The van der Waals surface area contributed by atoms with Crippen molar-refractivity contribution in [1.82, 2.24) is 0 Å². The quantitative estimate of drug-likeness (QED) is 0.493. The van der Waals surface area contributed by atoms with Crippen molar-refractivity contribution in [2.24, 2.45) is 5.84 Å². The lowest BCUT2D eigenvalue weighted by Crippen LogP contribution is -2.11. The average Bonchev–Trinajstić information content (AvgIpc) is 2.03. The standard InChI is InChI=1S/C10H16N2/c1-10(2,3)8-4-6-9(12-11)7-5-8/h4-7,12H,11H2,1-3H3. The van der Waals surface area contributed by atoms with Gasteiger partial charge in [-0.2, -0.15) is 0 Å². The second-order valence-corrected chi connectivity index (χ2v) is 3.97. The summed E-state index contributed by atoms with van der Waals surface area (Å²) >= 11 is 0. The summed E-state index contributed by atoms with van der Waals surface area (Å²) in [5, 5.41) is 0. The highest BCUT2D eigenvalue weighted by molar-refractivity contribution is 5.44. The number of nitrogen functional groups attached to an aromatic ring is 1. The van der Waals surface area contributed by atoms with E-state index in [1.165, 1.54) is 5.56 Å². The molecule has 0 heterocycles. The summed E-state index contributed by atoms with van der Waals surface area (Å²) in [6, 6.07) is 8.16. The molecule has 1 aromatic carbocycles. The third-order valence-corrected chi connectivity index (χ3v) is 1.92. The summed E-state index contributed by atoms with van der Waals surface area (Å²) < 4.78 is 0. The molecule has 0 unspecified atom stereocenters. The molecule has 0 aliphatic heterocycles. The fourth-order valence-corrected chi connectivity index (χ4v) is 1.07. The van der Waals surface area contributed by atoms with Gasteiger partial charge in [0.2, 0.25) is 0 Å². The lowest BCUT2D eigenvalue weighted by Gasteiger charge is -2.18. The Kier molecular flexibility index (Phi) is 2.38. The molecule has 1 aromatic rings. The zero-order chi connectivity index (χ0) is 9.19. The van der Waals surface area contributed by atoms with Crippen LogP contribution in [0.5, 0.6) is 0 Å². The maximum absolute atomic E-state index is 5.26. The molecule has 2 heteroatoms. The molecule has 0 aliphatic rings. The maximum atomic E-state index is 5.26. The topological polar surface area (TPSA) is 38.0 Å². The molecule has 0 saturated heterocycles. The van der Waals surface area contributed by atoms with Crippen LogP contribution in [0.25, 0.3) is 0 Å². The number of hydrogen-bond acceptors (Lipinski definition) is 2. The van der Waals surface area contributed by atoms with Gasteiger partial charge in [0.15, 0.2) is 0 Å². The van der Waals surface area contributed by atoms with E-state index >= 15 is 0 Å². The van der Waals surface area contributed by atoms with Crippen LogP contribution in [0.15, 0.2) is 24.3 Å². The van der Waals surface area contributed by atoms with E-state index in [0.29, 0.717) is 0 Å². The average molecular weight is 164 g/mol. The van der Waals surface area contributed by atoms with Gasteiger partial charge in [-0.3, -0.25) is 5.84 Å². The molecule has 66 valence electrons. The van der Waals surface area contributed by atoms with Gasteiger partial charge in [0.25, 0.3) is 0 Å². The first kappa shape index (κ1) is 9.07. The second kappa shape index (κ2) is 3.15. The first-order valence-electron chi connectivity index (χ1n) is 4.11. The zero-order valence-corrected chi connectivity index (χ0v) is 7.89. The molecule has 0 atom stereocenters. The monoisotopic (exact) mass is 164 g/mol. The molecule has 1 rings (SSSR count). The third-order valence-electron chi connectivity index (χ3n) is 1.92. The largest absolute Gasteiger partial charge is 0.324 e. The molecule has 12 heavy (non-hydrogen) atoms. The molecule has 0 amide bonds. The molecule has 0 bridgehead atoms. The van der Waals surface area contributed by atoms with Crippen LogP contribution in [-0.4, -0.2) is 0 Å². The van der Waals surface area contributed by atoms with Gasteiger partial charge in [-0.05, 0) is 23.1 Å². The third kappa shape index (κ3) is 1.98. The van der Waals surface area contributed by atoms with Crippen molar-refractivity contribution in [3.05, 3.63) is 29.8 Å². The van der Waals surface area contributed by atoms with Gasteiger partial charge >= 0.3 is 0 Å². The molecule has 0 saturated carbocycles. The van der Waals surface area contributed by atoms with E-state index < -0.39 is 0 Å². The summed E-state index contributed by atoms with van der Waals surface area (Å²) in [5.41, 5.74) is 5.09. The molecule has 3 N–H and O–H groups in total. The highest BCUT2D eigenvalue weighted by Crippen LogP contribution is 2.22. The van der Waals surface area contributed by atoms with E-state index in [-0.39, 0.29) is 5.41 Å². The Labute approximate surface area is 73.8 Å². The zero-order valence-electron chi connectivity index (χ0n) is 7.89. The molecule has 0 spiro atoms. The maximum Gasteiger partial charge on any atom is 0.0485 e. The lowest BCUT2D eigenvalue weighted by atomic mass is 9.87. The van der Waals surface area contributed by atoms with E-state index in [1.807, 2.05) is 12.1 Å². The minimum absolute atomic E-state index is 0.215. The van der Waals surface area contributed by atoms with Crippen LogP contribution in [-0.2, 0) is 5.41 Å². The van der Waals surface area contributed by atoms with Crippen LogP contribution in [0.2, 0.25) is 0 Å². The summed E-state index contributed by atoms with van der Waals surface area (Å²) in [5.74, 6) is 5.26. The van der Waals surface area contributed by atoms with Gasteiger partial charge in [0, 0.05) is 5.69 Å². The van der Waals surface area contributed by atoms with Gasteiger partial charge in [0.05, 0.1) is 0 Å². The summed E-state index contributed by atoms with van der Waals surface area (Å²) in [4.78, 5) is 0. The van der Waals surface area contributed by atoms with Gasteiger partial charge in [-0.1, -0.05) is 32.9 Å². The lowest BCUT2D eigenvalue weighted by molar-refractivity contribution is 0.590. The minimum Gasteiger partial charge on any atom is -0.324 e. The van der Waals surface area contributed by atoms with Crippen molar-refractivity contribution in [2.75, 3.05) is 5.43 Å². The normalized spacial score (nSPS) is 11.3. The second-order valence-electron chi connectivity index (χ2n) is 3.97. The van der Waals surface area contributed by atoms with Crippen LogP contribution in [0, 0.1) is 0 Å². The molecule has 0 aliphatic carbocycles. The van der Waals surface area contributed by atoms with Gasteiger partial charge in [-0.15, -0.1) is 0 Å². The van der Waals surface area contributed by atoms with Gasteiger partial charge in [-0.25, -0.2) is 0 Å². The Morgan fingerprint density at radius 2 is 1.58 bits per heavy atom. The predicted molar refractivity (Wildman–Crippen MR) is 53.0 cm³/mol. The van der Waals surface area contributed by atoms with Crippen LogP contribution >= 0.6 is 0 Å². The van der Waals surface area contributed by atoms with E-state index in [9.17, 15) is 0 Å². The van der Waals surface area contributed by atoms with Crippen molar-refractivity contribution in [3.8, 4) is 0 Å². The number of hydrazine groups is 1. The first-order valence-corrected chi connectivity index (χ1v) is 4.11. The first-order chi connectivity index (χ1) is 5.54. The number of benzene rings is 1. The smallest absolute Gasteiger partial charge is 0.0485 e. The molecule has 0 radical (unpaired) electrons. The molecule has 2 nitrogen and oxygen atoms in total. The highest BCUT2D eigenvalue weighted by atomic mass is 15.2. The predicted octanol–water partition coefficient (Wildman–Crippen LogP) is 2.27. The van der Waals surface area contributed by atoms with E-state index in [1.54, 1.807) is 0 Å². The van der Waals surface area contributed by atoms with Crippen molar-refractivity contribution >= 4 is 5.69 Å². The summed E-state index contributed by atoms with van der Waals surface area (Å²) in [6.45, 7) is 6.58. The molecular weight excluding hydrogens is 148 g/mol.